The number of nitrogens with zero attached hydrogens (tertiary/aromatic N) is 4. The summed E-state index contributed by atoms with van der Waals surface area (Å²) in [5, 5.41) is 9.29. The van der Waals surface area contributed by atoms with Crippen LogP contribution in [0.5, 0.6) is 0 Å². The Morgan fingerprint density at radius 1 is 1.23 bits per heavy atom. The topological polar surface area (TPSA) is 98.4 Å². The number of thiophene rings is 1. The maximum Gasteiger partial charge on any atom is 0.283 e. The van der Waals surface area contributed by atoms with Gasteiger partial charge in [-0.2, -0.15) is 4.31 Å². The van der Waals surface area contributed by atoms with Gasteiger partial charge in [0.1, 0.15) is 9.92 Å². The maximum absolute atomic E-state index is 12.7. The van der Waals surface area contributed by atoms with Gasteiger partial charge in [0.2, 0.25) is 10.0 Å². The number of fused-ring (bicyclic) bond motifs is 1. The quantitative estimate of drug-likeness (QED) is 0.550. The molecule has 3 aromatic rings. The summed E-state index contributed by atoms with van der Waals surface area (Å²) in [6.07, 6.45) is 4.81. The van der Waals surface area contributed by atoms with Crippen molar-refractivity contribution in [3.63, 3.8) is 0 Å². The third-order valence-corrected chi connectivity index (χ3v) is 9.35. The predicted octanol–water partition coefficient (Wildman–Crippen LogP) is 3.49. The van der Waals surface area contributed by atoms with Crippen LogP contribution in [-0.2, 0) is 27.6 Å². The van der Waals surface area contributed by atoms with Gasteiger partial charge in [0.15, 0.2) is 0 Å². The van der Waals surface area contributed by atoms with E-state index in [2.05, 4.69) is 28.2 Å². The Morgan fingerprint density at radius 2 is 2.06 bits per heavy atom. The normalized spacial score (nSPS) is 20.0. The summed E-state index contributed by atoms with van der Waals surface area (Å²) in [6, 6.07) is 5.39. The van der Waals surface area contributed by atoms with Gasteiger partial charge < -0.3 is 9.15 Å². The van der Waals surface area contributed by atoms with E-state index in [0.29, 0.717) is 48.4 Å². The van der Waals surface area contributed by atoms with Gasteiger partial charge in [-0.1, -0.05) is 6.92 Å². The van der Waals surface area contributed by atoms with E-state index in [9.17, 15) is 8.42 Å². The highest BCUT2D eigenvalue weighted by Gasteiger charge is 2.27. The van der Waals surface area contributed by atoms with Gasteiger partial charge in [-0.05, 0) is 60.7 Å². The second-order valence-corrected chi connectivity index (χ2v) is 11.8. The molecule has 11 heteroatoms. The van der Waals surface area contributed by atoms with Crippen LogP contribution in [0.25, 0.3) is 10.8 Å². The van der Waals surface area contributed by atoms with Gasteiger partial charge in [-0.3, -0.25) is 0 Å². The molecule has 31 heavy (non-hydrogen) atoms. The third-order valence-electron chi connectivity index (χ3n) is 5.46. The second-order valence-electron chi connectivity index (χ2n) is 7.73. The molecule has 0 spiro atoms. The molecule has 1 aliphatic carbocycles. The Bertz CT molecular complexity index is 1170. The zero-order valence-electron chi connectivity index (χ0n) is 17.0. The third kappa shape index (κ3) is 4.42. The van der Waals surface area contributed by atoms with Gasteiger partial charge in [-0.25, -0.2) is 13.4 Å². The Hall–Kier alpha value is -1.79. The molecule has 164 valence electrons. The number of aryl methyl sites for hydroxylation is 1. The average molecular weight is 479 g/mol. The molecule has 8 nitrogen and oxygen atoms in total. The summed E-state index contributed by atoms with van der Waals surface area (Å²) in [5.41, 5.74) is 1.39. The molecule has 0 bridgehead atoms. The second kappa shape index (κ2) is 8.62. The number of morpholine rings is 1. The molecule has 0 saturated carbocycles. The lowest BCUT2D eigenvalue weighted by atomic mass is 9.90. The summed E-state index contributed by atoms with van der Waals surface area (Å²) >= 11 is 2.94. The van der Waals surface area contributed by atoms with Crippen LogP contribution in [0.2, 0.25) is 0 Å². The molecule has 0 aromatic carbocycles. The van der Waals surface area contributed by atoms with Crippen molar-refractivity contribution in [3.05, 3.63) is 34.8 Å². The predicted molar refractivity (Wildman–Crippen MR) is 117 cm³/mol. The van der Waals surface area contributed by atoms with Gasteiger partial charge >= 0.3 is 0 Å². The molecule has 1 aliphatic heterocycles. The molecule has 1 atom stereocenters. The molecule has 1 fully saturated rings. The lowest BCUT2D eigenvalue weighted by molar-refractivity contribution is 0.0730. The Morgan fingerprint density at radius 3 is 2.84 bits per heavy atom. The van der Waals surface area contributed by atoms with Crippen molar-refractivity contribution in [2.45, 2.75) is 41.3 Å². The number of pyridine rings is 1. The van der Waals surface area contributed by atoms with E-state index in [1.165, 1.54) is 39.1 Å². The van der Waals surface area contributed by atoms with E-state index < -0.39 is 10.0 Å². The van der Waals surface area contributed by atoms with E-state index in [1.54, 1.807) is 23.5 Å². The number of rotatable bonds is 5. The first kappa shape index (κ1) is 21.1. The van der Waals surface area contributed by atoms with E-state index in [1.807, 2.05) is 0 Å². The van der Waals surface area contributed by atoms with E-state index in [0.717, 1.165) is 17.7 Å². The molecule has 0 N–H and O–H groups in total. The molecular weight excluding hydrogens is 456 g/mol. The largest absolute Gasteiger partial charge is 0.410 e. The minimum absolute atomic E-state index is 0.170. The van der Waals surface area contributed by atoms with Crippen LogP contribution in [-0.4, -0.2) is 54.2 Å². The van der Waals surface area contributed by atoms with Crippen molar-refractivity contribution >= 4 is 33.1 Å². The molecule has 2 aliphatic rings. The zero-order chi connectivity index (χ0) is 21.4. The van der Waals surface area contributed by atoms with Crippen LogP contribution < -0.4 is 0 Å². The summed E-state index contributed by atoms with van der Waals surface area (Å²) in [4.78, 5) is 6.86. The average Bonchev–Trinajstić information content (AvgIpc) is 3.41. The maximum atomic E-state index is 12.7. The smallest absolute Gasteiger partial charge is 0.283 e. The van der Waals surface area contributed by atoms with Crippen LogP contribution in [0.15, 0.2) is 44.0 Å². The van der Waals surface area contributed by atoms with Crippen LogP contribution in [0.4, 0.5) is 0 Å². The number of aromatic nitrogens is 3. The van der Waals surface area contributed by atoms with E-state index in [-0.39, 0.29) is 4.90 Å². The van der Waals surface area contributed by atoms with Gasteiger partial charge in [0.25, 0.3) is 11.1 Å². The first-order valence-electron chi connectivity index (χ1n) is 10.2. The highest BCUT2D eigenvalue weighted by molar-refractivity contribution is 7.99. The van der Waals surface area contributed by atoms with Crippen molar-refractivity contribution in [2.75, 3.05) is 26.3 Å². The first-order chi connectivity index (χ1) is 15.0. The SMILES string of the molecule is C[C@H]1CCc2sc(-c3nnc(Sc4ccc(S(=O)(=O)N5CCOCC5)cn4)o3)cc2C1. The lowest BCUT2D eigenvalue weighted by Gasteiger charge is -2.25. The standard InChI is InChI=1S/C20H22N4O4S3/c1-13-2-4-16-14(10-13)11-17(29-16)19-22-23-20(28-19)30-18-5-3-15(12-21-18)31(25,26)24-6-8-27-9-7-24/h3,5,11-13H,2,4,6-10H2,1H3/t13-/m0/s1. The molecular formula is C20H22N4O4S3. The number of hydrogen-bond acceptors (Lipinski definition) is 9. The van der Waals surface area contributed by atoms with Crippen molar-refractivity contribution in [1.29, 1.82) is 0 Å². The summed E-state index contributed by atoms with van der Waals surface area (Å²) < 4.78 is 37.9. The number of ether oxygens (including phenoxy) is 1. The fraction of sp³-hybridized carbons (Fsp3) is 0.450. The molecule has 0 radical (unpaired) electrons. The monoisotopic (exact) mass is 478 g/mol. The van der Waals surface area contributed by atoms with Crippen LogP contribution in [0, 0.1) is 5.92 Å². The van der Waals surface area contributed by atoms with Crippen LogP contribution in [0.3, 0.4) is 0 Å². The Labute approximate surface area is 189 Å². The number of hydrogen-bond donors (Lipinski definition) is 0. The van der Waals surface area contributed by atoms with Crippen molar-refractivity contribution < 1.29 is 17.6 Å². The highest BCUT2D eigenvalue weighted by Crippen LogP contribution is 2.38. The minimum Gasteiger partial charge on any atom is -0.410 e. The summed E-state index contributed by atoms with van der Waals surface area (Å²) in [5.74, 6) is 1.23. The van der Waals surface area contributed by atoms with Crippen LogP contribution in [0.1, 0.15) is 23.8 Å². The lowest BCUT2D eigenvalue weighted by Crippen LogP contribution is -2.40. The van der Waals surface area contributed by atoms with E-state index in [4.69, 9.17) is 9.15 Å². The fourth-order valence-corrected chi connectivity index (χ4v) is 6.87. The highest BCUT2D eigenvalue weighted by atomic mass is 32.2. The van der Waals surface area contributed by atoms with Gasteiger partial charge in [-0.15, -0.1) is 21.5 Å². The summed E-state index contributed by atoms with van der Waals surface area (Å²) in [7, 11) is -3.56. The van der Waals surface area contributed by atoms with Crippen molar-refractivity contribution in [2.24, 2.45) is 5.92 Å². The van der Waals surface area contributed by atoms with Gasteiger partial charge in [0, 0.05) is 24.2 Å². The van der Waals surface area contributed by atoms with Crippen LogP contribution >= 0.6 is 23.1 Å². The number of sulfonamides is 1. The Balaban J connectivity index is 1.29. The van der Waals surface area contributed by atoms with E-state index >= 15 is 0 Å². The summed E-state index contributed by atoms with van der Waals surface area (Å²) in [6.45, 7) is 3.81. The molecule has 0 unspecified atom stereocenters. The molecule has 0 amide bonds. The molecule has 1 saturated heterocycles. The van der Waals surface area contributed by atoms with Crippen molar-refractivity contribution in [3.8, 4) is 10.8 Å². The molecule has 3 aromatic heterocycles. The molecule has 5 rings (SSSR count). The van der Waals surface area contributed by atoms with Crippen molar-refractivity contribution in [1.82, 2.24) is 19.5 Å². The first-order valence-corrected chi connectivity index (χ1v) is 13.2. The fourth-order valence-electron chi connectivity index (χ4n) is 3.77. The molecule has 4 heterocycles. The minimum atomic E-state index is -3.56. The Kier molecular flexibility index (Phi) is 5.86. The zero-order valence-corrected chi connectivity index (χ0v) is 19.4. The van der Waals surface area contributed by atoms with Gasteiger partial charge in [0.05, 0.1) is 18.1 Å².